The van der Waals surface area contributed by atoms with Gasteiger partial charge >= 0.3 is 0 Å². The fourth-order valence-electron chi connectivity index (χ4n) is 6.77. The van der Waals surface area contributed by atoms with Crippen molar-refractivity contribution in [1.82, 2.24) is 0 Å². The van der Waals surface area contributed by atoms with Gasteiger partial charge < -0.3 is 4.74 Å². The molecule has 0 heterocycles. The van der Waals surface area contributed by atoms with Gasteiger partial charge in [0, 0.05) is 10.3 Å². The van der Waals surface area contributed by atoms with Crippen LogP contribution in [-0.4, -0.2) is 12.9 Å². The van der Waals surface area contributed by atoms with E-state index in [9.17, 15) is 0 Å². The summed E-state index contributed by atoms with van der Waals surface area (Å²) in [7, 11) is -1.59. The van der Waals surface area contributed by atoms with Crippen LogP contribution in [0.5, 0.6) is 5.75 Å². The quantitative estimate of drug-likeness (QED) is 0.191. The van der Waals surface area contributed by atoms with Crippen LogP contribution in [-0.2, 0) is 0 Å². The first kappa shape index (κ1) is 26.2. The van der Waals surface area contributed by atoms with Gasteiger partial charge in [0.15, 0.2) is 0 Å². The Balaban J connectivity index is 1.36. The van der Waals surface area contributed by atoms with Gasteiger partial charge in [-0.05, 0) is 91.7 Å². The lowest BCUT2D eigenvalue weighted by molar-refractivity contribution is 0.248. The monoisotopic (exact) mass is 554 g/mol. The molecule has 7 rings (SSSR count). The minimum Gasteiger partial charge on any atom is -0.493 e. The Morgan fingerprint density at radius 1 is 0.585 bits per heavy atom. The molecule has 6 aromatic rings. The van der Waals surface area contributed by atoms with E-state index in [0.29, 0.717) is 0 Å². The lowest BCUT2D eigenvalue weighted by Gasteiger charge is -2.39. The molecule has 0 amide bonds. The largest absolute Gasteiger partial charge is 0.493 e. The summed E-state index contributed by atoms with van der Waals surface area (Å²) in [5, 5.41) is 7.65. The first-order valence-electron chi connectivity index (χ1n) is 15.1. The van der Waals surface area contributed by atoms with Crippen molar-refractivity contribution in [2.75, 3.05) is 12.9 Å². The van der Waals surface area contributed by atoms with Gasteiger partial charge in [0.1, 0.15) is 5.75 Å². The predicted molar refractivity (Wildman–Crippen MR) is 177 cm³/mol. The molecule has 1 saturated carbocycles. The molecule has 0 radical (unpaired) electrons. The Morgan fingerprint density at radius 2 is 1.15 bits per heavy atom. The lowest BCUT2D eigenvalue weighted by atomic mass is 9.87. The minimum absolute atomic E-state index is 0.799. The predicted octanol–water partition coefficient (Wildman–Crippen LogP) is 11.4. The summed E-state index contributed by atoms with van der Waals surface area (Å²) in [4.78, 5) is 4.14. The van der Waals surface area contributed by atoms with Crippen LogP contribution in [0.15, 0.2) is 136 Å². The molecule has 0 spiro atoms. The smallest absolute Gasteiger partial charge is 0.127 e. The summed E-state index contributed by atoms with van der Waals surface area (Å²) in [6, 6.07) is 45.0. The Morgan fingerprint density at radius 3 is 1.78 bits per heavy atom. The standard InChI is InChI=1S/C39H38OS/c1-41(34-21-19-30-13-5-7-15-32(30)27-34,35-22-20-31-14-6-8-16-33(31)28-35)39-24-23-38(36-17-9-10-18-37(36)39)40-26-25-29-11-3-2-4-12-29/h5-10,13-24,27-29H,2-4,11-12,25-26H2,1H3. The highest BCUT2D eigenvalue weighted by molar-refractivity contribution is 8.33. The molecule has 1 aliphatic carbocycles. The van der Waals surface area contributed by atoms with Gasteiger partial charge in [-0.25, -0.2) is 0 Å². The second-order valence-electron chi connectivity index (χ2n) is 11.7. The molecule has 1 fully saturated rings. The second kappa shape index (κ2) is 11.3. The summed E-state index contributed by atoms with van der Waals surface area (Å²) >= 11 is 0. The zero-order valence-electron chi connectivity index (χ0n) is 23.9. The van der Waals surface area contributed by atoms with Crippen LogP contribution in [0.2, 0.25) is 0 Å². The maximum Gasteiger partial charge on any atom is 0.127 e. The Hall–Kier alpha value is -3.75. The van der Waals surface area contributed by atoms with Gasteiger partial charge in [0.05, 0.1) is 6.61 Å². The van der Waals surface area contributed by atoms with Gasteiger partial charge in [-0.2, -0.15) is 10.0 Å². The molecule has 0 N–H and O–H groups in total. The van der Waals surface area contributed by atoms with Crippen molar-refractivity contribution in [2.45, 2.75) is 53.2 Å². The maximum atomic E-state index is 6.53. The second-order valence-corrected chi connectivity index (χ2v) is 14.9. The highest BCUT2D eigenvalue weighted by Crippen LogP contribution is 2.68. The number of hydrogen-bond acceptors (Lipinski definition) is 1. The molecular weight excluding hydrogens is 516 g/mol. The molecule has 2 heteroatoms. The highest BCUT2D eigenvalue weighted by Gasteiger charge is 2.29. The third-order valence-electron chi connectivity index (χ3n) is 9.18. The molecule has 0 aromatic heterocycles. The molecular formula is C39H38OS. The van der Waals surface area contributed by atoms with Crippen LogP contribution in [0, 0.1) is 5.92 Å². The zero-order valence-corrected chi connectivity index (χ0v) is 24.7. The average molecular weight is 555 g/mol. The normalized spacial score (nSPS) is 15.0. The first-order valence-corrected chi connectivity index (χ1v) is 17.1. The molecule has 6 aromatic carbocycles. The Labute approximate surface area is 245 Å². The highest BCUT2D eigenvalue weighted by atomic mass is 32.3. The van der Waals surface area contributed by atoms with Gasteiger partial charge in [-0.15, -0.1) is 0 Å². The molecule has 1 aliphatic rings. The van der Waals surface area contributed by atoms with E-state index in [2.05, 4.69) is 128 Å². The van der Waals surface area contributed by atoms with E-state index in [1.54, 1.807) is 0 Å². The summed E-state index contributed by atoms with van der Waals surface area (Å²) < 4.78 is 6.53. The van der Waals surface area contributed by atoms with E-state index in [4.69, 9.17) is 4.74 Å². The van der Waals surface area contributed by atoms with Crippen LogP contribution < -0.4 is 4.74 Å². The number of hydrogen-bond donors (Lipinski definition) is 0. The first-order chi connectivity index (χ1) is 20.2. The van der Waals surface area contributed by atoms with Crippen molar-refractivity contribution < 1.29 is 4.74 Å². The SMILES string of the molecule is CS(c1ccc2ccccc2c1)(c1ccc2ccccc2c1)c1ccc(OCCC2CCCCC2)c2ccccc12. The van der Waals surface area contributed by atoms with Gasteiger partial charge in [0.2, 0.25) is 0 Å². The molecule has 1 nitrogen and oxygen atoms in total. The van der Waals surface area contributed by atoms with Crippen LogP contribution in [0.3, 0.4) is 0 Å². The third-order valence-corrected chi connectivity index (χ3v) is 12.8. The van der Waals surface area contributed by atoms with E-state index >= 15 is 0 Å². The molecule has 0 atom stereocenters. The van der Waals surface area contributed by atoms with Crippen molar-refractivity contribution in [3.8, 4) is 5.75 Å². The minimum atomic E-state index is -1.59. The molecule has 0 bridgehead atoms. The van der Waals surface area contributed by atoms with Gasteiger partial charge in [-0.1, -0.05) is 117 Å². The summed E-state index contributed by atoms with van der Waals surface area (Å²) in [5.41, 5.74) is 0. The summed E-state index contributed by atoms with van der Waals surface area (Å²) in [6.45, 7) is 0.799. The van der Waals surface area contributed by atoms with E-state index < -0.39 is 10.0 Å². The summed E-state index contributed by atoms with van der Waals surface area (Å²) in [5.74, 6) is 1.83. The topological polar surface area (TPSA) is 9.23 Å². The number of fused-ring (bicyclic) bond motifs is 3. The zero-order chi connectivity index (χ0) is 27.6. The molecule has 0 unspecified atom stereocenters. The fourth-order valence-corrected chi connectivity index (χ4v) is 9.91. The average Bonchev–Trinajstić information content (AvgIpc) is 3.04. The number of rotatable bonds is 7. The third kappa shape index (κ3) is 5.00. The van der Waals surface area contributed by atoms with E-state index in [1.807, 2.05) is 0 Å². The number of benzene rings is 6. The Bertz CT molecular complexity index is 1750. The van der Waals surface area contributed by atoms with Crippen molar-refractivity contribution in [3.05, 3.63) is 121 Å². The van der Waals surface area contributed by atoms with Crippen LogP contribution in [0.1, 0.15) is 38.5 Å². The fraction of sp³-hybridized carbons (Fsp3) is 0.231. The van der Waals surface area contributed by atoms with E-state index in [1.165, 1.54) is 79.1 Å². The van der Waals surface area contributed by atoms with Gasteiger partial charge in [0.25, 0.3) is 0 Å². The van der Waals surface area contributed by atoms with Crippen LogP contribution in [0.4, 0.5) is 0 Å². The lowest BCUT2D eigenvalue weighted by Crippen LogP contribution is -2.11. The molecule has 41 heavy (non-hydrogen) atoms. The maximum absolute atomic E-state index is 6.53. The van der Waals surface area contributed by atoms with E-state index in [-0.39, 0.29) is 0 Å². The van der Waals surface area contributed by atoms with Crippen molar-refractivity contribution in [3.63, 3.8) is 0 Å². The van der Waals surface area contributed by atoms with Gasteiger partial charge in [-0.3, -0.25) is 0 Å². The van der Waals surface area contributed by atoms with Crippen molar-refractivity contribution >= 4 is 42.3 Å². The number of ether oxygens (including phenoxy) is 1. The molecule has 206 valence electrons. The Kier molecular flexibility index (Phi) is 7.19. The molecule has 0 aliphatic heterocycles. The van der Waals surface area contributed by atoms with Crippen LogP contribution in [0.25, 0.3) is 32.3 Å². The van der Waals surface area contributed by atoms with Crippen LogP contribution >= 0.6 is 10.0 Å². The van der Waals surface area contributed by atoms with Crippen molar-refractivity contribution in [2.24, 2.45) is 5.92 Å². The summed E-state index contributed by atoms with van der Waals surface area (Å²) in [6.07, 6.45) is 10.5. The van der Waals surface area contributed by atoms with Crippen molar-refractivity contribution in [1.29, 1.82) is 0 Å². The molecule has 0 saturated heterocycles. The van der Waals surface area contributed by atoms with E-state index in [0.717, 1.165) is 24.7 Å².